The topological polar surface area (TPSA) is 58.6 Å². The number of ether oxygens (including phenoxy) is 1. The highest BCUT2D eigenvalue weighted by atomic mass is 16.5. The van der Waals surface area contributed by atoms with E-state index in [9.17, 15) is 9.90 Å². The molecule has 4 heteroatoms. The molecular weight excluding hydrogens is 302 g/mol. The van der Waals surface area contributed by atoms with Crippen molar-refractivity contribution in [1.29, 1.82) is 0 Å². The molecule has 0 radical (unpaired) electrons. The summed E-state index contributed by atoms with van der Waals surface area (Å²) >= 11 is 0. The van der Waals surface area contributed by atoms with Crippen LogP contribution in [0, 0.1) is 0 Å². The zero-order valence-corrected chi connectivity index (χ0v) is 14.7. The lowest BCUT2D eigenvalue weighted by atomic mass is 9.83. The monoisotopic (exact) mass is 327 g/mol. The maximum Gasteiger partial charge on any atom is 0.234 e. The molecule has 0 saturated carbocycles. The standard InChI is InChI=1S/C20H25NO3/c1-5-14-6-8-16(9-7-14)20(2,3)19(23)21-17-10-11-18(24-4)15(12-17)13-22/h6-12,22H,5,13H2,1-4H3,(H,21,23). The van der Waals surface area contributed by atoms with E-state index in [0.717, 1.165) is 12.0 Å². The Bertz CT molecular complexity index is 705. The second-order valence-electron chi connectivity index (χ2n) is 6.31. The number of carbonyl (C=O) groups excluding carboxylic acids is 1. The summed E-state index contributed by atoms with van der Waals surface area (Å²) in [6.45, 7) is 5.77. The van der Waals surface area contributed by atoms with E-state index in [1.54, 1.807) is 25.3 Å². The normalized spacial score (nSPS) is 11.2. The van der Waals surface area contributed by atoms with Crippen LogP contribution in [-0.4, -0.2) is 18.1 Å². The Morgan fingerprint density at radius 1 is 1.17 bits per heavy atom. The number of amides is 1. The summed E-state index contributed by atoms with van der Waals surface area (Å²) in [6, 6.07) is 13.4. The third-order valence-corrected chi connectivity index (χ3v) is 4.36. The molecule has 0 unspecified atom stereocenters. The van der Waals surface area contributed by atoms with Gasteiger partial charge in [0.25, 0.3) is 0 Å². The number of aliphatic hydroxyl groups excluding tert-OH is 1. The smallest absolute Gasteiger partial charge is 0.234 e. The van der Waals surface area contributed by atoms with E-state index in [1.165, 1.54) is 5.56 Å². The Labute approximate surface area is 143 Å². The van der Waals surface area contributed by atoms with Gasteiger partial charge in [0, 0.05) is 11.3 Å². The lowest BCUT2D eigenvalue weighted by molar-refractivity contribution is -0.120. The third kappa shape index (κ3) is 3.77. The number of aliphatic hydroxyl groups is 1. The quantitative estimate of drug-likeness (QED) is 0.851. The number of nitrogens with one attached hydrogen (secondary N) is 1. The van der Waals surface area contributed by atoms with Gasteiger partial charge in [0.05, 0.1) is 19.1 Å². The van der Waals surface area contributed by atoms with Crippen LogP contribution in [0.3, 0.4) is 0 Å². The third-order valence-electron chi connectivity index (χ3n) is 4.36. The van der Waals surface area contributed by atoms with Gasteiger partial charge in [0.1, 0.15) is 5.75 Å². The number of aryl methyl sites for hydroxylation is 1. The van der Waals surface area contributed by atoms with Crippen LogP contribution in [0.1, 0.15) is 37.5 Å². The van der Waals surface area contributed by atoms with Crippen LogP contribution in [0.5, 0.6) is 5.75 Å². The number of methoxy groups -OCH3 is 1. The lowest BCUT2D eigenvalue weighted by Crippen LogP contribution is -2.34. The van der Waals surface area contributed by atoms with Crippen molar-refractivity contribution >= 4 is 11.6 Å². The first-order chi connectivity index (χ1) is 11.4. The molecule has 128 valence electrons. The second-order valence-corrected chi connectivity index (χ2v) is 6.31. The average Bonchev–Trinajstić information content (AvgIpc) is 2.61. The number of hydrogen-bond acceptors (Lipinski definition) is 3. The molecular formula is C20H25NO3. The fraction of sp³-hybridized carbons (Fsp3) is 0.350. The summed E-state index contributed by atoms with van der Waals surface area (Å²) in [5.74, 6) is 0.505. The van der Waals surface area contributed by atoms with Crippen LogP contribution < -0.4 is 10.1 Å². The van der Waals surface area contributed by atoms with Crippen LogP contribution >= 0.6 is 0 Å². The zero-order valence-electron chi connectivity index (χ0n) is 14.7. The minimum atomic E-state index is -0.661. The van der Waals surface area contributed by atoms with Crippen molar-refractivity contribution in [2.24, 2.45) is 0 Å². The molecule has 0 aliphatic rings. The van der Waals surface area contributed by atoms with Crippen LogP contribution in [-0.2, 0) is 23.2 Å². The van der Waals surface area contributed by atoms with Gasteiger partial charge < -0.3 is 15.2 Å². The Hall–Kier alpha value is -2.33. The molecule has 1 amide bonds. The van der Waals surface area contributed by atoms with Gasteiger partial charge in [-0.3, -0.25) is 4.79 Å². The van der Waals surface area contributed by atoms with E-state index >= 15 is 0 Å². The minimum Gasteiger partial charge on any atom is -0.496 e. The largest absolute Gasteiger partial charge is 0.496 e. The Balaban J connectivity index is 2.20. The molecule has 2 rings (SSSR count). The highest BCUT2D eigenvalue weighted by Crippen LogP contribution is 2.27. The summed E-state index contributed by atoms with van der Waals surface area (Å²) in [5, 5.41) is 12.3. The van der Waals surface area contributed by atoms with Gasteiger partial charge in [-0.05, 0) is 49.6 Å². The van der Waals surface area contributed by atoms with Crippen molar-refractivity contribution in [2.45, 2.75) is 39.2 Å². The number of benzene rings is 2. The Morgan fingerprint density at radius 2 is 1.83 bits per heavy atom. The summed E-state index contributed by atoms with van der Waals surface area (Å²) < 4.78 is 5.18. The first-order valence-corrected chi connectivity index (χ1v) is 8.11. The van der Waals surface area contributed by atoms with Crippen LogP contribution in [0.25, 0.3) is 0 Å². The maximum atomic E-state index is 12.7. The zero-order chi connectivity index (χ0) is 17.7. The van der Waals surface area contributed by atoms with Crippen molar-refractivity contribution in [1.82, 2.24) is 0 Å². The van der Waals surface area contributed by atoms with Gasteiger partial charge in [-0.2, -0.15) is 0 Å². The van der Waals surface area contributed by atoms with E-state index in [1.807, 2.05) is 26.0 Å². The summed E-state index contributed by atoms with van der Waals surface area (Å²) in [4.78, 5) is 12.7. The molecule has 0 fully saturated rings. The lowest BCUT2D eigenvalue weighted by Gasteiger charge is -2.24. The molecule has 0 spiro atoms. The van der Waals surface area contributed by atoms with Gasteiger partial charge in [-0.1, -0.05) is 31.2 Å². The van der Waals surface area contributed by atoms with Crippen LogP contribution in [0.2, 0.25) is 0 Å². The van der Waals surface area contributed by atoms with Gasteiger partial charge in [0.2, 0.25) is 5.91 Å². The molecule has 0 aliphatic carbocycles. The van der Waals surface area contributed by atoms with Crippen LogP contribution in [0.15, 0.2) is 42.5 Å². The first-order valence-electron chi connectivity index (χ1n) is 8.11. The van der Waals surface area contributed by atoms with Crippen LogP contribution in [0.4, 0.5) is 5.69 Å². The second kappa shape index (κ2) is 7.49. The van der Waals surface area contributed by atoms with Crippen molar-refractivity contribution in [2.75, 3.05) is 12.4 Å². The minimum absolute atomic E-state index is 0.0965. The molecule has 24 heavy (non-hydrogen) atoms. The van der Waals surface area contributed by atoms with Gasteiger partial charge >= 0.3 is 0 Å². The summed E-state index contributed by atoms with van der Waals surface area (Å²) in [7, 11) is 1.55. The summed E-state index contributed by atoms with van der Waals surface area (Å²) in [5.41, 5.74) is 2.83. The van der Waals surface area contributed by atoms with Gasteiger partial charge in [-0.15, -0.1) is 0 Å². The Morgan fingerprint density at radius 3 is 2.38 bits per heavy atom. The highest BCUT2D eigenvalue weighted by Gasteiger charge is 2.29. The molecule has 0 aromatic heterocycles. The molecule has 4 nitrogen and oxygen atoms in total. The fourth-order valence-electron chi connectivity index (χ4n) is 2.56. The molecule has 0 heterocycles. The predicted octanol–water partition coefficient (Wildman–Crippen LogP) is 3.67. The number of carbonyl (C=O) groups is 1. The molecule has 0 aliphatic heterocycles. The van der Waals surface area contributed by atoms with Crippen molar-refractivity contribution in [3.63, 3.8) is 0 Å². The van der Waals surface area contributed by atoms with Crippen molar-refractivity contribution < 1.29 is 14.6 Å². The molecule has 2 N–H and O–H groups in total. The van der Waals surface area contributed by atoms with Crippen molar-refractivity contribution in [3.8, 4) is 5.75 Å². The van der Waals surface area contributed by atoms with E-state index < -0.39 is 5.41 Å². The predicted molar refractivity (Wildman–Crippen MR) is 96.4 cm³/mol. The maximum absolute atomic E-state index is 12.7. The van der Waals surface area contributed by atoms with Crippen molar-refractivity contribution in [3.05, 3.63) is 59.2 Å². The average molecular weight is 327 g/mol. The number of rotatable bonds is 6. The SMILES string of the molecule is CCc1ccc(C(C)(C)C(=O)Nc2ccc(OC)c(CO)c2)cc1. The number of hydrogen-bond donors (Lipinski definition) is 2. The first kappa shape index (κ1) is 18.0. The molecule has 0 atom stereocenters. The molecule has 0 bridgehead atoms. The van der Waals surface area contributed by atoms with Gasteiger partial charge in [-0.25, -0.2) is 0 Å². The molecule has 0 saturated heterocycles. The Kier molecular flexibility index (Phi) is 5.62. The summed E-state index contributed by atoms with van der Waals surface area (Å²) in [6.07, 6.45) is 0.975. The molecule has 2 aromatic rings. The molecule has 2 aromatic carbocycles. The van der Waals surface area contributed by atoms with E-state index in [4.69, 9.17) is 4.74 Å². The van der Waals surface area contributed by atoms with E-state index in [0.29, 0.717) is 17.0 Å². The number of anilines is 1. The van der Waals surface area contributed by atoms with E-state index in [-0.39, 0.29) is 12.5 Å². The fourth-order valence-corrected chi connectivity index (χ4v) is 2.56. The van der Waals surface area contributed by atoms with Gasteiger partial charge in [0.15, 0.2) is 0 Å². The van der Waals surface area contributed by atoms with E-state index in [2.05, 4.69) is 24.4 Å². The highest BCUT2D eigenvalue weighted by molar-refractivity contribution is 5.98.